The normalized spacial score (nSPS) is 11.6. The van der Waals surface area contributed by atoms with E-state index >= 15 is 0 Å². The van der Waals surface area contributed by atoms with Gasteiger partial charge in [-0.1, -0.05) is 97.1 Å². The minimum Gasteiger partial charge on any atom is -0.456 e. The first-order chi connectivity index (χ1) is 25.1. The Hall–Kier alpha value is -6.78. The Kier molecular flexibility index (Phi) is 7.48. The van der Waals surface area contributed by atoms with Gasteiger partial charge >= 0.3 is 0 Å². The molecule has 0 aliphatic heterocycles. The summed E-state index contributed by atoms with van der Waals surface area (Å²) in [6.45, 7) is 3.76. The van der Waals surface area contributed by atoms with Crippen LogP contribution in [0.4, 0.5) is 22.7 Å². The van der Waals surface area contributed by atoms with E-state index in [1.807, 2.05) is 12.3 Å². The third kappa shape index (κ3) is 5.53. The highest BCUT2D eigenvalue weighted by Crippen LogP contribution is 2.41. The third-order valence-electron chi connectivity index (χ3n) is 9.72. The van der Waals surface area contributed by atoms with Crippen LogP contribution in [0, 0.1) is 0 Å². The first-order valence-electron chi connectivity index (χ1n) is 17.0. The van der Waals surface area contributed by atoms with Gasteiger partial charge in [-0.3, -0.25) is 9.98 Å². The molecule has 9 aromatic rings. The molecule has 1 heterocycles. The van der Waals surface area contributed by atoms with Crippen molar-refractivity contribution < 1.29 is 4.42 Å². The molecule has 0 aliphatic carbocycles. The minimum atomic E-state index is 0.743. The van der Waals surface area contributed by atoms with Crippen molar-refractivity contribution in [3.63, 3.8) is 0 Å². The largest absolute Gasteiger partial charge is 0.456 e. The van der Waals surface area contributed by atoms with Crippen LogP contribution in [0.1, 0.15) is 5.56 Å². The van der Waals surface area contributed by atoms with Crippen LogP contribution >= 0.6 is 0 Å². The average molecular weight is 656 g/mol. The zero-order chi connectivity index (χ0) is 34.3. The fourth-order valence-electron chi connectivity index (χ4n) is 7.13. The molecule has 0 saturated carbocycles. The Bertz CT molecular complexity index is 2650. The summed E-state index contributed by atoms with van der Waals surface area (Å²) in [7, 11) is 1.76. The molecule has 0 amide bonds. The first-order valence-corrected chi connectivity index (χ1v) is 17.0. The van der Waals surface area contributed by atoms with Gasteiger partial charge in [-0.2, -0.15) is 0 Å². The molecule has 0 N–H and O–H groups in total. The molecule has 0 spiro atoms. The number of fused-ring (bicyclic) bond motifs is 5. The number of nitrogens with zero attached hydrogens (tertiary/aromatic N) is 3. The number of rotatable bonds is 7. The molecule has 1 aromatic heterocycles. The van der Waals surface area contributed by atoms with Crippen molar-refractivity contribution in [2.45, 2.75) is 0 Å². The van der Waals surface area contributed by atoms with Crippen LogP contribution in [0.3, 0.4) is 0 Å². The fraction of sp³-hybridized carbons (Fsp3) is 0.0213. The second-order valence-corrected chi connectivity index (χ2v) is 12.8. The van der Waals surface area contributed by atoms with Crippen molar-refractivity contribution in [2.24, 2.45) is 9.98 Å². The number of aliphatic imine (C=N–C) groups is 2. The van der Waals surface area contributed by atoms with E-state index in [2.05, 4.69) is 179 Å². The molecular weight excluding hydrogens is 623 g/mol. The zero-order valence-corrected chi connectivity index (χ0v) is 28.1. The number of benzene rings is 8. The molecule has 0 fully saturated rings. The van der Waals surface area contributed by atoms with Crippen LogP contribution in [0.25, 0.3) is 65.7 Å². The van der Waals surface area contributed by atoms with Crippen LogP contribution in [-0.2, 0) is 0 Å². The number of hydrogen-bond donors (Lipinski definition) is 0. The van der Waals surface area contributed by atoms with E-state index in [9.17, 15) is 0 Å². The molecule has 8 aromatic carbocycles. The summed E-state index contributed by atoms with van der Waals surface area (Å²) in [5.41, 5.74) is 11.0. The van der Waals surface area contributed by atoms with Crippen molar-refractivity contribution in [3.8, 4) is 22.3 Å². The second kappa shape index (κ2) is 12.6. The lowest BCUT2D eigenvalue weighted by Crippen LogP contribution is -2.09. The van der Waals surface area contributed by atoms with Crippen molar-refractivity contribution in [1.29, 1.82) is 0 Å². The van der Waals surface area contributed by atoms with Crippen LogP contribution in [0.15, 0.2) is 178 Å². The molecule has 0 bridgehead atoms. The quantitative estimate of drug-likeness (QED) is 0.160. The molecule has 0 unspecified atom stereocenters. The molecule has 0 radical (unpaired) electrons. The molecule has 0 saturated heterocycles. The number of anilines is 3. The predicted molar refractivity (Wildman–Crippen MR) is 217 cm³/mol. The maximum Gasteiger partial charge on any atom is 0.137 e. The Morgan fingerprint density at radius 1 is 0.490 bits per heavy atom. The van der Waals surface area contributed by atoms with Crippen LogP contribution in [0.5, 0.6) is 0 Å². The van der Waals surface area contributed by atoms with Gasteiger partial charge in [0.15, 0.2) is 0 Å². The highest BCUT2D eigenvalue weighted by atomic mass is 16.3. The van der Waals surface area contributed by atoms with Crippen LogP contribution in [-0.4, -0.2) is 20.0 Å². The molecular formula is C47H33N3O. The summed E-state index contributed by atoms with van der Waals surface area (Å²) >= 11 is 0. The summed E-state index contributed by atoms with van der Waals surface area (Å²) in [6, 6.07) is 58.3. The fourth-order valence-corrected chi connectivity index (χ4v) is 7.13. The summed E-state index contributed by atoms with van der Waals surface area (Å²) in [6.07, 6.45) is 1.81. The standard InChI is InChI=1S/C47H33N3O/c1-48-30-39-27-44-43-24-23-42(28-46(43)51-47(44)29-45(39)49-2)50(40-19-15-33(16-20-40)37-13-11-31-7-3-5-9-35(31)25-37)41-21-17-34(18-22-41)38-14-12-32-8-4-6-10-36(32)26-38/h3-30H,2H2,1H3/b48-30-. The lowest BCUT2D eigenvalue weighted by Gasteiger charge is -2.26. The highest BCUT2D eigenvalue weighted by molar-refractivity contribution is 6.09. The van der Waals surface area contributed by atoms with Crippen molar-refractivity contribution in [1.82, 2.24) is 0 Å². The van der Waals surface area contributed by atoms with Crippen molar-refractivity contribution in [3.05, 3.63) is 169 Å². The Balaban J connectivity index is 1.14. The van der Waals surface area contributed by atoms with Crippen molar-refractivity contribution in [2.75, 3.05) is 11.9 Å². The van der Waals surface area contributed by atoms with E-state index < -0.39 is 0 Å². The number of furan rings is 1. The summed E-state index contributed by atoms with van der Waals surface area (Å²) in [5.74, 6) is 0. The topological polar surface area (TPSA) is 41.1 Å². The Morgan fingerprint density at radius 2 is 1.00 bits per heavy atom. The van der Waals surface area contributed by atoms with E-state index in [0.717, 1.165) is 50.3 Å². The maximum absolute atomic E-state index is 6.46. The second-order valence-electron chi connectivity index (χ2n) is 12.8. The monoisotopic (exact) mass is 655 g/mol. The Labute approximate surface area is 296 Å². The van der Waals surface area contributed by atoms with Gasteiger partial charge in [-0.15, -0.1) is 0 Å². The molecule has 51 heavy (non-hydrogen) atoms. The predicted octanol–water partition coefficient (Wildman–Crippen LogP) is 13.1. The van der Waals surface area contributed by atoms with Crippen LogP contribution < -0.4 is 4.90 Å². The summed E-state index contributed by atoms with van der Waals surface area (Å²) in [4.78, 5) is 10.7. The number of hydrogen-bond acceptors (Lipinski definition) is 4. The van der Waals surface area contributed by atoms with Gasteiger partial charge in [0.05, 0.1) is 5.69 Å². The van der Waals surface area contributed by atoms with Crippen LogP contribution in [0.2, 0.25) is 0 Å². The molecule has 4 heteroatoms. The summed E-state index contributed by atoms with van der Waals surface area (Å²) in [5, 5.41) is 7.00. The molecule has 0 atom stereocenters. The van der Waals surface area contributed by atoms with E-state index in [-0.39, 0.29) is 0 Å². The SMILES string of the molecule is C=Nc1cc2oc3cc(N(c4ccc(-c5ccc6ccccc6c5)cc4)c4ccc(-c5ccc6ccccc6c5)cc4)ccc3c2cc1/C=N\C. The lowest BCUT2D eigenvalue weighted by molar-refractivity contribution is 0.669. The zero-order valence-electron chi connectivity index (χ0n) is 28.1. The van der Waals surface area contributed by atoms with Gasteiger partial charge in [0.2, 0.25) is 0 Å². The smallest absolute Gasteiger partial charge is 0.137 e. The average Bonchev–Trinajstić information content (AvgIpc) is 3.54. The minimum absolute atomic E-state index is 0.743. The van der Waals surface area contributed by atoms with Crippen molar-refractivity contribution >= 4 is 79.2 Å². The Morgan fingerprint density at radius 3 is 1.55 bits per heavy atom. The van der Waals surface area contributed by atoms with E-state index in [1.54, 1.807) is 7.05 Å². The maximum atomic E-state index is 6.46. The van der Waals surface area contributed by atoms with Gasteiger partial charge in [-0.05, 0) is 105 Å². The van der Waals surface area contributed by atoms with Gasteiger partial charge in [0.25, 0.3) is 0 Å². The molecule has 0 aliphatic rings. The van der Waals surface area contributed by atoms with Gasteiger partial charge in [-0.25, -0.2) is 0 Å². The highest BCUT2D eigenvalue weighted by Gasteiger charge is 2.17. The van der Waals surface area contributed by atoms with Gasteiger partial charge < -0.3 is 9.32 Å². The van der Waals surface area contributed by atoms with E-state index in [0.29, 0.717) is 0 Å². The third-order valence-corrected chi connectivity index (χ3v) is 9.72. The summed E-state index contributed by atoms with van der Waals surface area (Å²) < 4.78 is 6.46. The van der Waals surface area contributed by atoms with E-state index in [4.69, 9.17) is 4.42 Å². The van der Waals surface area contributed by atoms with E-state index in [1.165, 1.54) is 43.8 Å². The molecule has 242 valence electrons. The van der Waals surface area contributed by atoms with Gasteiger partial charge in [0.1, 0.15) is 11.2 Å². The molecule has 9 rings (SSSR count). The van der Waals surface area contributed by atoms with Gasteiger partial charge in [0, 0.05) is 58.8 Å². The lowest BCUT2D eigenvalue weighted by atomic mass is 10.00. The molecule has 4 nitrogen and oxygen atoms in total. The first kappa shape index (κ1) is 30.3.